The van der Waals surface area contributed by atoms with Gasteiger partial charge in [0.25, 0.3) is 0 Å². The largest absolute Gasteiger partial charge is 0.493 e. The molecule has 0 unspecified atom stereocenters. The third kappa shape index (κ3) is 7.18. The molecule has 7 nitrogen and oxygen atoms in total. The zero-order valence-electron chi connectivity index (χ0n) is 17.8. The molecule has 0 aliphatic carbocycles. The number of ether oxygens (including phenoxy) is 3. The number of anilines is 1. The van der Waals surface area contributed by atoms with Crippen LogP contribution >= 0.6 is 11.3 Å². The number of allylic oxidation sites excluding steroid dienone is 1. The normalized spacial score (nSPS) is 10.8. The minimum absolute atomic E-state index is 0.150. The summed E-state index contributed by atoms with van der Waals surface area (Å²) in [6.45, 7) is 8.74. The number of benzene rings is 1. The number of methoxy groups -OCH3 is 1. The summed E-state index contributed by atoms with van der Waals surface area (Å²) in [5, 5.41) is 6.67. The van der Waals surface area contributed by atoms with E-state index in [9.17, 15) is 4.79 Å². The summed E-state index contributed by atoms with van der Waals surface area (Å²) < 4.78 is 16.4. The Bertz CT molecular complexity index is 864. The van der Waals surface area contributed by atoms with Crippen molar-refractivity contribution in [3.05, 3.63) is 47.0 Å². The number of nitrogens with one attached hydrogen (secondary N) is 1. The topological polar surface area (TPSA) is 82.0 Å². The van der Waals surface area contributed by atoms with Crippen molar-refractivity contribution in [1.29, 1.82) is 0 Å². The highest BCUT2D eigenvalue weighted by molar-refractivity contribution is 7.13. The van der Waals surface area contributed by atoms with E-state index < -0.39 is 0 Å². The van der Waals surface area contributed by atoms with Crippen molar-refractivity contribution >= 4 is 28.7 Å². The van der Waals surface area contributed by atoms with Gasteiger partial charge in [0.15, 0.2) is 11.5 Å². The summed E-state index contributed by atoms with van der Waals surface area (Å²) in [6.07, 6.45) is 6.39. The third-order valence-electron chi connectivity index (χ3n) is 4.04. The minimum Gasteiger partial charge on any atom is -0.493 e. The molecule has 1 aromatic heterocycles. The van der Waals surface area contributed by atoms with E-state index in [4.69, 9.17) is 14.2 Å². The molecule has 0 radical (unpaired) electrons. The zero-order chi connectivity index (χ0) is 21.8. The Morgan fingerprint density at radius 3 is 2.90 bits per heavy atom. The predicted octanol–water partition coefficient (Wildman–Crippen LogP) is 4.61. The molecule has 0 bridgehead atoms. The van der Waals surface area contributed by atoms with Gasteiger partial charge in [-0.2, -0.15) is 5.10 Å². The van der Waals surface area contributed by atoms with Crippen molar-refractivity contribution in [3.63, 3.8) is 0 Å². The first kappa shape index (κ1) is 23.4. The van der Waals surface area contributed by atoms with Gasteiger partial charge in [-0.3, -0.25) is 10.2 Å². The molecule has 1 aromatic carbocycles. The second-order valence-electron chi connectivity index (χ2n) is 6.40. The lowest BCUT2D eigenvalue weighted by molar-refractivity contribution is -0.142. The smallest absolute Gasteiger partial charge is 0.311 e. The van der Waals surface area contributed by atoms with Gasteiger partial charge in [-0.05, 0) is 37.5 Å². The molecule has 2 aromatic rings. The van der Waals surface area contributed by atoms with Crippen LogP contribution in [-0.4, -0.2) is 37.5 Å². The number of aromatic nitrogens is 1. The molecule has 162 valence electrons. The highest BCUT2D eigenvalue weighted by Gasteiger charge is 2.12. The van der Waals surface area contributed by atoms with E-state index in [1.165, 1.54) is 11.3 Å². The minimum atomic E-state index is -0.291. The molecule has 0 saturated heterocycles. The van der Waals surface area contributed by atoms with Crippen LogP contribution in [0.15, 0.2) is 35.3 Å². The van der Waals surface area contributed by atoms with Gasteiger partial charge in [0.1, 0.15) is 0 Å². The molecule has 30 heavy (non-hydrogen) atoms. The van der Waals surface area contributed by atoms with Gasteiger partial charge in [-0.25, -0.2) is 4.98 Å². The maximum absolute atomic E-state index is 11.5. The number of hydrogen-bond acceptors (Lipinski definition) is 8. The van der Waals surface area contributed by atoms with E-state index in [0.29, 0.717) is 36.2 Å². The van der Waals surface area contributed by atoms with Crippen LogP contribution in [0.3, 0.4) is 0 Å². The average Bonchev–Trinajstić information content (AvgIpc) is 3.16. The lowest BCUT2D eigenvalue weighted by Gasteiger charge is -2.15. The van der Waals surface area contributed by atoms with Crippen LogP contribution in [0.2, 0.25) is 0 Å². The molecule has 1 heterocycles. The van der Waals surface area contributed by atoms with Crippen molar-refractivity contribution in [3.8, 4) is 11.5 Å². The van der Waals surface area contributed by atoms with Crippen LogP contribution in [0.25, 0.3) is 0 Å². The molecule has 2 rings (SSSR count). The maximum atomic E-state index is 11.5. The van der Waals surface area contributed by atoms with Gasteiger partial charge < -0.3 is 14.2 Å². The van der Waals surface area contributed by atoms with Gasteiger partial charge in [-0.15, -0.1) is 17.9 Å². The molecule has 0 saturated carbocycles. The summed E-state index contributed by atoms with van der Waals surface area (Å²) in [4.78, 5) is 15.9. The lowest BCUT2D eigenvalue weighted by Crippen LogP contribution is -2.07. The Kier molecular flexibility index (Phi) is 9.86. The van der Waals surface area contributed by atoms with Crippen molar-refractivity contribution in [2.75, 3.05) is 25.7 Å². The quantitative estimate of drug-likeness (QED) is 0.164. The van der Waals surface area contributed by atoms with Crippen LogP contribution in [0.1, 0.15) is 43.5 Å². The summed E-state index contributed by atoms with van der Waals surface area (Å²) in [5.41, 5.74) is 5.41. The molecule has 1 N–H and O–H groups in total. The van der Waals surface area contributed by atoms with Crippen molar-refractivity contribution in [1.82, 2.24) is 4.98 Å². The number of carbonyl (C=O) groups excluding carboxylic acids is 1. The van der Waals surface area contributed by atoms with E-state index in [1.807, 2.05) is 23.6 Å². The Balaban J connectivity index is 2.09. The van der Waals surface area contributed by atoms with Crippen LogP contribution in [0.4, 0.5) is 5.13 Å². The Morgan fingerprint density at radius 2 is 2.20 bits per heavy atom. The maximum Gasteiger partial charge on any atom is 0.311 e. The van der Waals surface area contributed by atoms with E-state index >= 15 is 0 Å². The highest BCUT2D eigenvalue weighted by atomic mass is 32.1. The third-order valence-corrected chi connectivity index (χ3v) is 4.83. The van der Waals surface area contributed by atoms with Gasteiger partial charge in [0.2, 0.25) is 5.13 Å². The van der Waals surface area contributed by atoms with E-state index in [1.54, 1.807) is 20.2 Å². The summed E-state index contributed by atoms with van der Waals surface area (Å²) in [7, 11) is 1.62. The number of nitrogens with zero attached hydrogens (tertiary/aromatic N) is 2. The van der Waals surface area contributed by atoms with Crippen LogP contribution < -0.4 is 14.9 Å². The SMILES string of the molecule is C=CCc1cc(C=NNc2nc(CC(=O)OCC)cs2)cc(OC)c1OCCCC. The standard InChI is InChI=1S/C22H29N3O4S/c1-5-8-10-29-21-17(9-6-2)11-16(12-19(21)27-4)14-23-25-22-24-18(15-30-22)13-20(26)28-7-3/h6,11-12,14-15H,2,5,7-10,13H2,1,3-4H3,(H,24,25). The molecule has 0 amide bonds. The summed E-state index contributed by atoms with van der Waals surface area (Å²) in [5.74, 6) is 1.12. The van der Waals surface area contributed by atoms with Crippen molar-refractivity contribution in [2.24, 2.45) is 5.10 Å². The average molecular weight is 432 g/mol. The van der Waals surface area contributed by atoms with Gasteiger partial charge in [-0.1, -0.05) is 19.4 Å². The fourth-order valence-corrected chi connectivity index (χ4v) is 3.32. The number of hydrazone groups is 1. The van der Waals surface area contributed by atoms with Crippen LogP contribution in [0.5, 0.6) is 11.5 Å². The monoisotopic (exact) mass is 431 g/mol. The van der Waals surface area contributed by atoms with E-state index in [-0.39, 0.29) is 12.4 Å². The molecule has 0 atom stereocenters. The van der Waals surface area contributed by atoms with Gasteiger partial charge in [0.05, 0.1) is 38.7 Å². The van der Waals surface area contributed by atoms with Crippen LogP contribution in [0, 0.1) is 0 Å². The highest BCUT2D eigenvalue weighted by Crippen LogP contribution is 2.33. The van der Waals surface area contributed by atoms with Crippen LogP contribution in [-0.2, 0) is 22.4 Å². The summed E-state index contributed by atoms with van der Waals surface area (Å²) >= 11 is 1.38. The molecular weight excluding hydrogens is 402 g/mol. The number of hydrogen-bond donors (Lipinski definition) is 1. The van der Waals surface area contributed by atoms with Gasteiger partial charge in [0, 0.05) is 10.9 Å². The first-order chi connectivity index (χ1) is 14.6. The molecule has 0 aliphatic rings. The number of carbonyl (C=O) groups is 1. The van der Waals surface area contributed by atoms with E-state index in [2.05, 4.69) is 29.0 Å². The van der Waals surface area contributed by atoms with Crippen molar-refractivity contribution < 1.29 is 19.0 Å². The Labute approximate surface area is 181 Å². The first-order valence-corrected chi connectivity index (χ1v) is 10.8. The van der Waals surface area contributed by atoms with Gasteiger partial charge >= 0.3 is 5.97 Å². The number of thiazole rings is 1. The molecule has 0 aliphatic heterocycles. The Hall–Kier alpha value is -2.87. The second kappa shape index (κ2) is 12.6. The lowest BCUT2D eigenvalue weighted by atomic mass is 10.1. The summed E-state index contributed by atoms with van der Waals surface area (Å²) in [6, 6.07) is 3.89. The molecule has 0 fully saturated rings. The van der Waals surface area contributed by atoms with Crippen molar-refractivity contribution in [2.45, 2.75) is 39.5 Å². The van der Waals surface area contributed by atoms with E-state index in [0.717, 1.165) is 29.7 Å². The Morgan fingerprint density at radius 1 is 1.37 bits per heavy atom. The zero-order valence-corrected chi connectivity index (χ0v) is 18.6. The fraction of sp³-hybridized carbons (Fsp3) is 0.409. The number of rotatable bonds is 13. The molecule has 8 heteroatoms. The number of unbranched alkanes of at least 4 members (excludes halogenated alkanes) is 1. The molecule has 0 spiro atoms. The first-order valence-electron chi connectivity index (χ1n) is 9.94. The number of esters is 1. The fourth-order valence-electron chi connectivity index (χ4n) is 2.66. The predicted molar refractivity (Wildman–Crippen MR) is 121 cm³/mol. The molecular formula is C22H29N3O4S. The second-order valence-corrected chi connectivity index (χ2v) is 7.26.